The second kappa shape index (κ2) is 6.38. The van der Waals surface area contributed by atoms with Crippen LogP contribution in [0.5, 0.6) is 0 Å². The van der Waals surface area contributed by atoms with Gasteiger partial charge in [-0.05, 0) is 37.4 Å². The van der Waals surface area contributed by atoms with E-state index in [1.165, 1.54) is 0 Å². The topological polar surface area (TPSA) is 79.4 Å². The third kappa shape index (κ3) is 3.26. The average Bonchev–Trinajstić information content (AvgIpc) is 3.21. The summed E-state index contributed by atoms with van der Waals surface area (Å²) >= 11 is 0. The molecule has 2 aliphatic heterocycles. The SMILES string of the molecule is O=C(NC1CS(=O)(=O)CC1N1CCCC1)c1nccc2ccccc12. The predicted octanol–water partition coefficient (Wildman–Crippen LogP) is 1.23. The van der Waals surface area contributed by atoms with Crippen molar-refractivity contribution in [3.63, 3.8) is 0 Å². The lowest BCUT2D eigenvalue weighted by Crippen LogP contribution is -2.50. The molecule has 2 atom stereocenters. The maximum absolute atomic E-state index is 12.8. The van der Waals surface area contributed by atoms with Gasteiger partial charge in [0.25, 0.3) is 5.91 Å². The summed E-state index contributed by atoms with van der Waals surface area (Å²) < 4.78 is 24.3. The largest absolute Gasteiger partial charge is 0.345 e. The lowest BCUT2D eigenvalue weighted by molar-refractivity contribution is 0.0915. The highest BCUT2D eigenvalue weighted by Crippen LogP contribution is 2.23. The van der Waals surface area contributed by atoms with Crippen LogP contribution in [0.1, 0.15) is 23.3 Å². The monoisotopic (exact) mass is 359 g/mol. The van der Waals surface area contributed by atoms with Crippen LogP contribution in [0.25, 0.3) is 10.8 Å². The Labute approximate surface area is 147 Å². The van der Waals surface area contributed by atoms with Crippen LogP contribution >= 0.6 is 0 Å². The zero-order valence-corrected chi connectivity index (χ0v) is 14.7. The van der Waals surface area contributed by atoms with Gasteiger partial charge in [-0.2, -0.15) is 0 Å². The van der Waals surface area contributed by atoms with E-state index in [1.54, 1.807) is 6.20 Å². The fraction of sp³-hybridized carbons (Fsp3) is 0.444. The summed E-state index contributed by atoms with van der Waals surface area (Å²) in [7, 11) is -3.13. The van der Waals surface area contributed by atoms with Gasteiger partial charge in [0.2, 0.25) is 0 Å². The molecule has 4 rings (SSSR count). The molecule has 3 heterocycles. The number of fused-ring (bicyclic) bond motifs is 1. The van der Waals surface area contributed by atoms with E-state index in [1.807, 2.05) is 30.3 Å². The molecule has 1 aromatic heterocycles. The van der Waals surface area contributed by atoms with Crippen molar-refractivity contribution >= 4 is 26.5 Å². The summed E-state index contributed by atoms with van der Waals surface area (Å²) in [5.74, 6) is -0.172. The number of pyridine rings is 1. The molecule has 1 N–H and O–H groups in total. The fourth-order valence-electron chi connectivity index (χ4n) is 3.94. The fourth-order valence-corrected chi connectivity index (χ4v) is 5.89. The normalized spacial score (nSPS) is 26.1. The molecule has 2 unspecified atom stereocenters. The Bertz CT molecular complexity index is 901. The number of benzene rings is 1. The maximum atomic E-state index is 12.8. The first-order valence-corrected chi connectivity index (χ1v) is 10.4. The number of nitrogens with one attached hydrogen (secondary N) is 1. The maximum Gasteiger partial charge on any atom is 0.270 e. The van der Waals surface area contributed by atoms with Gasteiger partial charge in [0.1, 0.15) is 5.69 Å². The summed E-state index contributed by atoms with van der Waals surface area (Å²) in [5, 5.41) is 4.67. The van der Waals surface area contributed by atoms with Crippen molar-refractivity contribution in [1.29, 1.82) is 0 Å². The lowest BCUT2D eigenvalue weighted by atomic mass is 10.1. The molecule has 2 aromatic rings. The number of sulfone groups is 1. The van der Waals surface area contributed by atoms with E-state index in [0.717, 1.165) is 36.7 Å². The van der Waals surface area contributed by atoms with Crippen LogP contribution in [0, 0.1) is 0 Å². The van der Waals surface area contributed by atoms with Crippen molar-refractivity contribution in [1.82, 2.24) is 15.2 Å². The van der Waals surface area contributed by atoms with E-state index in [4.69, 9.17) is 0 Å². The number of likely N-dealkylation sites (tertiary alicyclic amines) is 1. The molecule has 0 aliphatic carbocycles. The van der Waals surface area contributed by atoms with Gasteiger partial charge in [0, 0.05) is 17.6 Å². The highest BCUT2D eigenvalue weighted by molar-refractivity contribution is 7.91. The molecule has 132 valence electrons. The molecule has 2 aliphatic rings. The highest BCUT2D eigenvalue weighted by atomic mass is 32.2. The van der Waals surface area contributed by atoms with Crippen LogP contribution in [-0.2, 0) is 9.84 Å². The summed E-state index contributed by atoms with van der Waals surface area (Å²) in [4.78, 5) is 19.2. The molecule has 0 spiro atoms. The van der Waals surface area contributed by atoms with Gasteiger partial charge in [-0.25, -0.2) is 8.42 Å². The van der Waals surface area contributed by atoms with Crippen molar-refractivity contribution in [2.75, 3.05) is 24.6 Å². The van der Waals surface area contributed by atoms with E-state index in [2.05, 4.69) is 15.2 Å². The van der Waals surface area contributed by atoms with E-state index < -0.39 is 9.84 Å². The third-order valence-corrected chi connectivity index (χ3v) is 6.85. The number of amides is 1. The average molecular weight is 359 g/mol. The molecule has 2 saturated heterocycles. The minimum atomic E-state index is -3.13. The molecule has 1 aromatic carbocycles. The zero-order valence-electron chi connectivity index (χ0n) is 13.9. The molecule has 1 amide bonds. The van der Waals surface area contributed by atoms with Crippen molar-refractivity contribution in [2.45, 2.75) is 24.9 Å². The minimum Gasteiger partial charge on any atom is -0.345 e. The number of carbonyl (C=O) groups excluding carboxylic acids is 1. The van der Waals surface area contributed by atoms with Gasteiger partial charge in [-0.1, -0.05) is 24.3 Å². The quantitative estimate of drug-likeness (QED) is 0.892. The van der Waals surface area contributed by atoms with E-state index >= 15 is 0 Å². The molecule has 0 bridgehead atoms. The molecule has 25 heavy (non-hydrogen) atoms. The Morgan fingerprint density at radius 1 is 1.12 bits per heavy atom. The van der Waals surface area contributed by atoms with Crippen molar-refractivity contribution in [3.05, 3.63) is 42.2 Å². The van der Waals surface area contributed by atoms with Gasteiger partial charge in [-0.15, -0.1) is 0 Å². The van der Waals surface area contributed by atoms with Crippen LogP contribution < -0.4 is 5.32 Å². The Morgan fingerprint density at radius 2 is 1.88 bits per heavy atom. The highest BCUT2D eigenvalue weighted by Gasteiger charge is 2.42. The molecular formula is C18H21N3O3S. The minimum absolute atomic E-state index is 0.00464. The van der Waals surface area contributed by atoms with Crippen LogP contribution in [0.3, 0.4) is 0 Å². The second-order valence-electron chi connectivity index (χ2n) is 6.85. The number of carbonyl (C=O) groups is 1. The molecule has 7 heteroatoms. The molecule has 0 saturated carbocycles. The Morgan fingerprint density at radius 3 is 2.68 bits per heavy atom. The Balaban J connectivity index is 1.60. The number of hydrogen-bond acceptors (Lipinski definition) is 5. The predicted molar refractivity (Wildman–Crippen MR) is 96.2 cm³/mol. The summed E-state index contributed by atoms with van der Waals surface area (Å²) in [6.07, 6.45) is 3.78. The van der Waals surface area contributed by atoms with Crippen molar-refractivity contribution in [2.24, 2.45) is 0 Å². The number of aromatic nitrogens is 1. The first kappa shape index (κ1) is 16.5. The van der Waals surface area contributed by atoms with Crippen molar-refractivity contribution in [3.8, 4) is 0 Å². The van der Waals surface area contributed by atoms with Crippen LogP contribution in [0.4, 0.5) is 0 Å². The summed E-state index contributed by atoms with van der Waals surface area (Å²) in [5.41, 5.74) is 0.350. The van der Waals surface area contributed by atoms with Gasteiger partial charge in [0.05, 0.1) is 17.5 Å². The van der Waals surface area contributed by atoms with Gasteiger partial charge < -0.3 is 5.32 Å². The van der Waals surface area contributed by atoms with Crippen molar-refractivity contribution < 1.29 is 13.2 Å². The zero-order chi connectivity index (χ0) is 17.4. The van der Waals surface area contributed by atoms with Crippen LogP contribution in [0.2, 0.25) is 0 Å². The Hall–Kier alpha value is -1.99. The number of nitrogens with zero attached hydrogens (tertiary/aromatic N) is 2. The standard InChI is InChI=1S/C18H21N3O3S/c22-18(17-14-6-2-1-5-13(14)7-8-19-17)20-15-11-25(23,24)12-16(15)21-9-3-4-10-21/h1-2,5-8,15-16H,3-4,9-12H2,(H,20,22). The van der Waals surface area contributed by atoms with Gasteiger partial charge in [-0.3, -0.25) is 14.7 Å². The van der Waals surface area contributed by atoms with Gasteiger partial charge in [0.15, 0.2) is 9.84 Å². The Kier molecular flexibility index (Phi) is 4.21. The second-order valence-corrected chi connectivity index (χ2v) is 9.00. The number of hydrogen-bond donors (Lipinski definition) is 1. The molecule has 6 nitrogen and oxygen atoms in total. The van der Waals surface area contributed by atoms with E-state index in [0.29, 0.717) is 5.69 Å². The van der Waals surface area contributed by atoms with E-state index in [-0.39, 0.29) is 29.5 Å². The molecule has 0 radical (unpaired) electrons. The molecular weight excluding hydrogens is 338 g/mol. The summed E-state index contributed by atoms with van der Waals surface area (Å²) in [6.45, 7) is 1.80. The third-order valence-electron chi connectivity index (χ3n) is 5.14. The first-order valence-electron chi connectivity index (χ1n) is 8.63. The first-order chi connectivity index (χ1) is 12.0. The lowest BCUT2D eigenvalue weighted by Gasteiger charge is -2.28. The van der Waals surface area contributed by atoms with E-state index in [9.17, 15) is 13.2 Å². The number of rotatable bonds is 3. The molecule has 2 fully saturated rings. The smallest absolute Gasteiger partial charge is 0.270 e. The van der Waals surface area contributed by atoms with Crippen LogP contribution in [-0.4, -0.2) is 60.9 Å². The van der Waals surface area contributed by atoms with Gasteiger partial charge >= 0.3 is 0 Å². The summed E-state index contributed by atoms with van der Waals surface area (Å²) in [6, 6.07) is 8.92. The van der Waals surface area contributed by atoms with Crippen LogP contribution in [0.15, 0.2) is 36.5 Å².